The number of hydrogen-bond donors (Lipinski definition) is 1. The molecule has 1 aliphatic rings. The lowest BCUT2D eigenvalue weighted by molar-refractivity contribution is 0.268. The van der Waals surface area contributed by atoms with Gasteiger partial charge in [-0.05, 0) is 73.9 Å². The molecular formula is C20H25N3O2S2. The Kier molecular flexibility index (Phi) is 5.83. The van der Waals surface area contributed by atoms with Crippen LogP contribution < -0.4 is 5.32 Å². The van der Waals surface area contributed by atoms with E-state index in [1.54, 1.807) is 16.4 Å². The zero-order valence-corrected chi connectivity index (χ0v) is 17.5. The van der Waals surface area contributed by atoms with Gasteiger partial charge in [0.15, 0.2) is 5.11 Å². The van der Waals surface area contributed by atoms with E-state index in [2.05, 4.69) is 5.32 Å². The molecule has 0 aromatic heterocycles. The third kappa shape index (κ3) is 4.48. The topological polar surface area (TPSA) is 52.6 Å². The molecule has 27 heavy (non-hydrogen) atoms. The van der Waals surface area contributed by atoms with Crippen molar-refractivity contribution in [2.75, 3.05) is 31.5 Å². The van der Waals surface area contributed by atoms with Crippen molar-refractivity contribution in [3.8, 4) is 0 Å². The normalized spacial score (nSPS) is 15.6. The molecule has 0 spiro atoms. The quantitative estimate of drug-likeness (QED) is 0.797. The maximum absolute atomic E-state index is 12.9. The lowest BCUT2D eigenvalue weighted by atomic mass is 10.1. The van der Waals surface area contributed by atoms with E-state index >= 15 is 0 Å². The number of rotatable bonds is 3. The van der Waals surface area contributed by atoms with E-state index in [0.717, 1.165) is 22.4 Å². The van der Waals surface area contributed by atoms with Gasteiger partial charge < -0.3 is 10.2 Å². The van der Waals surface area contributed by atoms with Crippen molar-refractivity contribution in [3.05, 3.63) is 59.2 Å². The minimum atomic E-state index is -3.47. The average Bonchev–Trinajstić information content (AvgIpc) is 2.64. The molecule has 0 atom stereocenters. The van der Waals surface area contributed by atoms with Crippen LogP contribution in [0.2, 0.25) is 0 Å². The van der Waals surface area contributed by atoms with Gasteiger partial charge in [0.1, 0.15) is 0 Å². The molecule has 0 bridgehead atoms. The van der Waals surface area contributed by atoms with E-state index in [1.165, 1.54) is 0 Å². The Labute approximate surface area is 167 Å². The molecule has 3 rings (SSSR count). The van der Waals surface area contributed by atoms with Crippen molar-refractivity contribution in [2.24, 2.45) is 0 Å². The number of anilines is 1. The Balaban J connectivity index is 1.64. The number of thiocarbonyl (C=S) groups is 1. The van der Waals surface area contributed by atoms with Crippen LogP contribution in [0.5, 0.6) is 0 Å². The second-order valence-corrected chi connectivity index (χ2v) is 9.26. The standard InChI is InChI=1S/C20H25N3O2S2/c1-15-5-4-6-18(13-15)21-20(26)22-9-11-23(12-10-22)27(24,25)19-8-7-16(2)17(3)14-19/h4-8,13-14H,9-12H2,1-3H3,(H,21,26). The summed E-state index contributed by atoms with van der Waals surface area (Å²) in [6.07, 6.45) is 0. The van der Waals surface area contributed by atoms with Crippen molar-refractivity contribution < 1.29 is 8.42 Å². The first-order valence-corrected chi connectivity index (χ1v) is 10.8. The van der Waals surface area contributed by atoms with Gasteiger partial charge in [0.25, 0.3) is 0 Å². The van der Waals surface area contributed by atoms with Crippen LogP contribution in [0.4, 0.5) is 5.69 Å². The zero-order chi connectivity index (χ0) is 19.6. The van der Waals surface area contributed by atoms with Gasteiger partial charge in [-0.1, -0.05) is 18.2 Å². The van der Waals surface area contributed by atoms with Crippen LogP contribution in [-0.4, -0.2) is 48.9 Å². The number of nitrogens with one attached hydrogen (secondary N) is 1. The molecule has 0 saturated carbocycles. The molecule has 1 fully saturated rings. The molecule has 144 valence electrons. The first-order chi connectivity index (χ1) is 12.8. The number of benzene rings is 2. The minimum Gasteiger partial charge on any atom is -0.346 e. The van der Waals surface area contributed by atoms with Gasteiger partial charge in [-0.15, -0.1) is 0 Å². The summed E-state index contributed by atoms with van der Waals surface area (Å²) in [6, 6.07) is 13.3. The predicted octanol–water partition coefficient (Wildman–Crippen LogP) is 3.32. The Hall–Kier alpha value is -1.96. The molecular weight excluding hydrogens is 378 g/mol. The van der Waals surface area contributed by atoms with Crippen LogP contribution in [0.3, 0.4) is 0 Å². The second kappa shape index (κ2) is 7.96. The van der Waals surface area contributed by atoms with Crippen molar-refractivity contribution in [2.45, 2.75) is 25.7 Å². The highest BCUT2D eigenvalue weighted by atomic mass is 32.2. The average molecular weight is 404 g/mol. The van der Waals surface area contributed by atoms with E-state index in [4.69, 9.17) is 12.2 Å². The monoisotopic (exact) mass is 403 g/mol. The van der Waals surface area contributed by atoms with E-state index in [9.17, 15) is 8.42 Å². The number of piperazine rings is 1. The summed E-state index contributed by atoms with van der Waals surface area (Å²) in [5, 5.41) is 3.87. The molecule has 5 nitrogen and oxygen atoms in total. The summed E-state index contributed by atoms with van der Waals surface area (Å²) in [4.78, 5) is 2.38. The smallest absolute Gasteiger partial charge is 0.243 e. The highest BCUT2D eigenvalue weighted by molar-refractivity contribution is 7.89. The summed E-state index contributed by atoms with van der Waals surface area (Å²) in [5.41, 5.74) is 4.18. The first kappa shape index (κ1) is 19.8. The molecule has 0 unspecified atom stereocenters. The SMILES string of the molecule is Cc1cccc(NC(=S)N2CCN(S(=O)(=O)c3ccc(C)c(C)c3)CC2)c1. The highest BCUT2D eigenvalue weighted by Gasteiger charge is 2.29. The molecule has 0 aliphatic carbocycles. The molecule has 1 N–H and O–H groups in total. The Morgan fingerprint density at radius 2 is 1.67 bits per heavy atom. The molecule has 7 heteroatoms. The van der Waals surface area contributed by atoms with Crippen LogP contribution >= 0.6 is 12.2 Å². The summed E-state index contributed by atoms with van der Waals surface area (Å²) < 4.78 is 27.4. The number of nitrogens with zero attached hydrogens (tertiary/aromatic N) is 2. The van der Waals surface area contributed by atoms with Gasteiger partial charge in [-0.2, -0.15) is 4.31 Å². The fourth-order valence-electron chi connectivity index (χ4n) is 3.08. The Morgan fingerprint density at radius 3 is 2.30 bits per heavy atom. The second-order valence-electron chi connectivity index (χ2n) is 6.94. The lowest BCUT2D eigenvalue weighted by Crippen LogP contribution is -2.51. The van der Waals surface area contributed by atoms with Crippen molar-refractivity contribution >= 4 is 33.0 Å². The largest absolute Gasteiger partial charge is 0.346 e. The van der Waals surface area contributed by atoms with Gasteiger partial charge in [-0.3, -0.25) is 0 Å². The van der Waals surface area contributed by atoms with Crippen LogP contribution in [0, 0.1) is 20.8 Å². The van der Waals surface area contributed by atoms with E-state index in [-0.39, 0.29) is 0 Å². The van der Waals surface area contributed by atoms with Gasteiger partial charge in [0.05, 0.1) is 4.90 Å². The molecule has 1 aliphatic heterocycles. The third-order valence-corrected chi connectivity index (χ3v) is 7.17. The number of hydrogen-bond acceptors (Lipinski definition) is 3. The van der Waals surface area contributed by atoms with Gasteiger partial charge in [-0.25, -0.2) is 8.42 Å². The van der Waals surface area contributed by atoms with Gasteiger partial charge >= 0.3 is 0 Å². The molecule has 1 heterocycles. The van der Waals surface area contributed by atoms with Crippen LogP contribution in [0.25, 0.3) is 0 Å². The van der Waals surface area contributed by atoms with Crippen molar-refractivity contribution in [1.82, 2.24) is 9.21 Å². The summed E-state index contributed by atoms with van der Waals surface area (Å²) in [6.45, 7) is 7.93. The summed E-state index contributed by atoms with van der Waals surface area (Å²) >= 11 is 5.50. The lowest BCUT2D eigenvalue weighted by Gasteiger charge is -2.35. The van der Waals surface area contributed by atoms with E-state index in [0.29, 0.717) is 36.2 Å². The third-order valence-electron chi connectivity index (χ3n) is 4.91. The van der Waals surface area contributed by atoms with Crippen LogP contribution in [0.15, 0.2) is 47.4 Å². The van der Waals surface area contributed by atoms with Gasteiger partial charge in [0, 0.05) is 31.9 Å². The Morgan fingerprint density at radius 1 is 0.963 bits per heavy atom. The van der Waals surface area contributed by atoms with Gasteiger partial charge in [0.2, 0.25) is 10.0 Å². The van der Waals surface area contributed by atoms with Crippen molar-refractivity contribution in [1.29, 1.82) is 0 Å². The molecule has 0 radical (unpaired) electrons. The maximum Gasteiger partial charge on any atom is 0.243 e. The number of sulfonamides is 1. The van der Waals surface area contributed by atoms with Crippen LogP contribution in [0.1, 0.15) is 16.7 Å². The molecule has 2 aromatic carbocycles. The Bertz CT molecular complexity index is 949. The maximum atomic E-state index is 12.9. The highest BCUT2D eigenvalue weighted by Crippen LogP contribution is 2.21. The number of aryl methyl sites for hydroxylation is 3. The first-order valence-electron chi connectivity index (χ1n) is 8.97. The summed E-state index contributed by atoms with van der Waals surface area (Å²) in [5.74, 6) is 0. The minimum absolute atomic E-state index is 0.361. The fourth-order valence-corrected chi connectivity index (χ4v) is 4.89. The molecule has 2 aromatic rings. The van der Waals surface area contributed by atoms with E-state index in [1.807, 2.05) is 56.0 Å². The predicted molar refractivity (Wildman–Crippen MR) is 114 cm³/mol. The van der Waals surface area contributed by atoms with Crippen LogP contribution in [-0.2, 0) is 10.0 Å². The summed E-state index contributed by atoms with van der Waals surface area (Å²) in [7, 11) is -3.47. The fraction of sp³-hybridized carbons (Fsp3) is 0.350. The molecule has 0 amide bonds. The van der Waals surface area contributed by atoms with E-state index < -0.39 is 10.0 Å². The molecule has 1 saturated heterocycles. The van der Waals surface area contributed by atoms with Crippen molar-refractivity contribution in [3.63, 3.8) is 0 Å². The zero-order valence-electron chi connectivity index (χ0n) is 15.9.